The van der Waals surface area contributed by atoms with Crippen LogP contribution in [0.25, 0.3) is 0 Å². The number of nitrogens with zero attached hydrogens (tertiary/aromatic N) is 1. The van der Waals surface area contributed by atoms with E-state index >= 15 is 0 Å². The third kappa shape index (κ3) is 2.67. The first-order valence-corrected chi connectivity index (χ1v) is 6.01. The number of carbonyl (C=O) groups is 1. The maximum absolute atomic E-state index is 12.9. The number of rotatable bonds is 3. The summed E-state index contributed by atoms with van der Waals surface area (Å²) in [6, 6.07) is 3.81. The van der Waals surface area contributed by atoms with Crippen molar-refractivity contribution in [3.8, 4) is 0 Å². The minimum Gasteiger partial charge on any atom is -0.387 e. The molecule has 0 aliphatic heterocycles. The number of hydrogen-bond donors (Lipinski definition) is 1. The normalized spacial score (nSPS) is 15.2. The smallest absolute Gasteiger partial charge is 0.387 e. The molecule has 1 aliphatic carbocycles. The Hall–Kier alpha value is -1.72. The number of benzene rings is 1. The molecule has 0 radical (unpaired) electrons. The first kappa shape index (κ1) is 13.7. The van der Waals surface area contributed by atoms with Gasteiger partial charge >= 0.3 is 6.18 Å². The first-order chi connectivity index (χ1) is 8.86. The van der Waals surface area contributed by atoms with Gasteiger partial charge in [0.2, 0.25) is 0 Å². The van der Waals surface area contributed by atoms with Crippen LogP contribution in [0.5, 0.6) is 0 Å². The molecule has 1 saturated carbocycles. The Balaban J connectivity index is 2.42. The number of hydrogen-bond acceptors (Lipinski definition) is 2. The average molecular weight is 272 g/mol. The molecule has 3 nitrogen and oxygen atoms in total. The summed E-state index contributed by atoms with van der Waals surface area (Å²) in [5, 5.41) is 2.50. The molecule has 0 spiro atoms. The second-order valence-electron chi connectivity index (χ2n) is 4.62. The zero-order valence-electron chi connectivity index (χ0n) is 10.7. The summed E-state index contributed by atoms with van der Waals surface area (Å²) >= 11 is 0. The van der Waals surface area contributed by atoms with Crippen molar-refractivity contribution in [1.29, 1.82) is 0 Å². The van der Waals surface area contributed by atoms with Crippen molar-refractivity contribution in [3.05, 3.63) is 29.3 Å². The van der Waals surface area contributed by atoms with Gasteiger partial charge in [-0.1, -0.05) is 6.07 Å². The van der Waals surface area contributed by atoms with Crippen molar-refractivity contribution in [3.63, 3.8) is 0 Å². The van der Waals surface area contributed by atoms with Gasteiger partial charge in [0, 0.05) is 20.1 Å². The summed E-state index contributed by atoms with van der Waals surface area (Å²) in [5.41, 5.74) is -0.913. The zero-order valence-corrected chi connectivity index (χ0v) is 10.7. The second-order valence-corrected chi connectivity index (χ2v) is 4.62. The van der Waals surface area contributed by atoms with Gasteiger partial charge in [-0.3, -0.25) is 4.79 Å². The van der Waals surface area contributed by atoms with Crippen LogP contribution in [0.1, 0.15) is 28.8 Å². The van der Waals surface area contributed by atoms with E-state index in [2.05, 4.69) is 5.32 Å². The van der Waals surface area contributed by atoms with Crippen molar-refractivity contribution in [1.82, 2.24) is 4.90 Å². The molecule has 0 atom stereocenters. The number of amides is 1. The van der Waals surface area contributed by atoms with Gasteiger partial charge in [-0.25, -0.2) is 0 Å². The van der Waals surface area contributed by atoms with Gasteiger partial charge in [0.1, 0.15) is 0 Å². The summed E-state index contributed by atoms with van der Waals surface area (Å²) in [4.78, 5) is 13.7. The van der Waals surface area contributed by atoms with Crippen LogP contribution < -0.4 is 5.32 Å². The molecule has 1 fully saturated rings. The van der Waals surface area contributed by atoms with Crippen molar-refractivity contribution < 1.29 is 18.0 Å². The van der Waals surface area contributed by atoms with E-state index in [0.717, 1.165) is 18.9 Å². The van der Waals surface area contributed by atoms with E-state index < -0.39 is 11.7 Å². The topological polar surface area (TPSA) is 32.3 Å². The van der Waals surface area contributed by atoms with Gasteiger partial charge < -0.3 is 10.2 Å². The molecule has 0 aromatic heterocycles. The van der Waals surface area contributed by atoms with Crippen LogP contribution in [0.4, 0.5) is 18.9 Å². The van der Waals surface area contributed by atoms with E-state index in [1.54, 1.807) is 7.05 Å². The molecule has 0 saturated heterocycles. The van der Waals surface area contributed by atoms with Crippen molar-refractivity contribution in [2.45, 2.75) is 25.1 Å². The fourth-order valence-electron chi connectivity index (χ4n) is 2.05. The Morgan fingerprint density at radius 2 is 2.00 bits per heavy atom. The molecule has 0 bridgehead atoms. The number of alkyl halides is 3. The van der Waals surface area contributed by atoms with Gasteiger partial charge in [-0.2, -0.15) is 13.2 Å². The lowest BCUT2D eigenvalue weighted by atomic mass is 10.1. The summed E-state index contributed by atoms with van der Waals surface area (Å²) < 4.78 is 38.7. The Morgan fingerprint density at radius 3 is 2.47 bits per heavy atom. The zero-order chi connectivity index (χ0) is 14.2. The summed E-state index contributed by atoms with van der Waals surface area (Å²) in [6.07, 6.45) is -2.65. The predicted octanol–water partition coefficient (Wildman–Crippen LogP) is 2.98. The molecule has 2 rings (SSSR count). The Kier molecular flexibility index (Phi) is 3.43. The summed E-state index contributed by atoms with van der Waals surface area (Å²) in [5.74, 6) is -0.377. The standard InChI is InChI=1S/C13H15F3N2O/c1-17-11-9(12(19)18(2)8-6-7-8)4-3-5-10(11)13(14,15)16/h3-5,8,17H,6-7H2,1-2H3. The van der Waals surface area contributed by atoms with Gasteiger partial charge in [0.15, 0.2) is 0 Å². The van der Waals surface area contributed by atoms with Crippen LogP contribution in [0, 0.1) is 0 Å². The number of nitrogens with one attached hydrogen (secondary N) is 1. The van der Waals surface area contributed by atoms with Gasteiger partial charge in [-0.05, 0) is 25.0 Å². The van der Waals surface area contributed by atoms with Crippen molar-refractivity contribution in [2.75, 3.05) is 19.4 Å². The molecule has 1 amide bonds. The SMILES string of the molecule is CNc1c(C(=O)N(C)C2CC2)cccc1C(F)(F)F. The lowest BCUT2D eigenvalue weighted by molar-refractivity contribution is -0.136. The van der Waals surface area contributed by atoms with Crippen molar-refractivity contribution in [2.24, 2.45) is 0 Å². The molecular weight excluding hydrogens is 257 g/mol. The van der Waals surface area contributed by atoms with Crippen LogP contribution in [0.15, 0.2) is 18.2 Å². The minimum atomic E-state index is -4.48. The lowest BCUT2D eigenvalue weighted by Gasteiger charge is -2.20. The fourth-order valence-corrected chi connectivity index (χ4v) is 2.05. The van der Waals surface area contributed by atoms with E-state index in [-0.39, 0.29) is 23.2 Å². The highest BCUT2D eigenvalue weighted by Gasteiger charge is 2.36. The van der Waals surface area contributed by atoms with Crippen LogP contribution in [0.2, 0.25) is 0 Å². The molecule has 104 valence electrons. The average Bonchev–Trinajstić information content (AvgIpc) is 3.19. The van der Waals surface area contributed by atoms with E-state index in [1.165, 1.54) is 24.1 Å². The molecular formula is C13H15F3N2O. The number of para-hydroxylation sites is 1. The molecule has 19 heavy (non-hydrogen) atoms. The summed E-state index contributed by atoms with van der Waals surface area (Å²) in [6.45, 7) is 0. The predicted molar refractivity (Wildman–Crippen MR) is 66.1 cm³/mol. The molecule has 0 heterocycles. The fraction of sp³-hybridized carbons (Fsp3) is 0.462. The van der Waals surface area contributed by atoms with Crippen LogP contribution in [-0.4, -0.2) is 30.9 Å². The molecule has 1 N–H and O–H groups in total. The Bertz CT molecular complexity index is 495. The number of carbonyl (C=O) groups excluding carboxylic acids is 1. The van der Waals surface area contributed by atoms with E-state index in [9.17, 15) is 18.0 Å². The van der Waals surface area contributed by atoms with E-state index in [0.29, 0.717) is 0 Å². The lowest BCUT2D eigenvalue weighted by Crippen LogP contribution is -2.29. The number of halogens is 3. The van der Waals surface area contributed by atoms with Crippen LogP contribution >= 0.6 is 0 Å². The third-order valence-corrected chi connectivity index (χ3v) is 3.27. The minimum absolute atomic E-state index is 0.0618. The molecule has 1 aromatic carbocycles. The highest BCUT2D eigenvalue weighted by Crippen LogP contribution is 2.37. The van der Waals surface area contributed by atoms with Crippen LogP contribution in [-0.2, 0) is 6.18 Å². The van der Waals surface area contributed by atoms with E-state index in [4.69, 9.17) is 0 Å². The molecule has 1 aliphatic rings. The second kappa shape index (κ2) is 4.75. The van der Waals surface area contributed by atoms with Gasteiger partial charge in [0.05, 0.1) is 16.8 Å². The summed E-state index contributed by atoms with van der Waals surface area (Å²) in [7, 11) is 3.01. The maximum Gasteiger partial charge on any atom is 0.418 e. The Morgan fingerprint density at radius 1 is 1.37 bits per heavy atom. The third-order valence-electron chi connectivity index (χ3n) is 3.27. The first-order valence-electron chi connectivity index (χ1n) is 6.01. The Labute approximate surface area is 109 Å². The van der Waals surface area contributed by atoms with Gasteiger partial charge in [-0.15, -0.1) is 0 Å². The molecule has 1 aromatic rings. The monoisotopic (exact) mass is 272 g/mol. The highest BCUT2D eigenvalue weighted by atomic mass is 19.4. The largest absolute Gasteiger partial charge is 0.418 e. The number of anilines is 1. The van der Waals surface area contributed by atoms with Crippen molar-refractivity contribution >= 4 is 11.6 Å². The maximum atomic E-state index is 12.9. The molecule has 6 heteroatoms. The van der Waals surface area contributed by atoms with Gasteiger partial charge in [0.25, 0.3) is 5.91 Å². The quantitative estimate of drug-likeness (QED) is 0.917. The highest BCUT2D eigenvalue weighted by molar-refractivity contribution is 6.00. The molecule has 0 unspecified atom stereocenters. The van der Waals surface area contributed by atoms with E-state index in [1.807, 2.05) is 0 Å². The van der Waals surface area contributed by atoms with Crippen LogP contribution in [0.3, 0.4) is 0 Å².